The Labute approximate surface area is 116 Å². The van der Waals surface area contributed by atoms with Crippen molar-refractivity contribution in [3.63, 3.8) is 0 Å². The molecule has 7 heteroatoms. The number of rotatable bonds is 3. The van der Waals surface area contributed by atoms with Crippen molar-refractivity contribution in [1.82, 2.24) is 4.98 Å². The second-order valence-corrected chi connectivity index (χ2v) is 4.28. The summed E-state index contributed by atoms with van der Waals surface area (Å²) in [5.74, 6) is -2.06. The summed E-state index contributed by atoms with van der Waals surface area (Å²) in [7, 11) is 0. The number of carboxylic acid groups (broad SMARTS) is 1. The predicted molar refractivity (Wildman–Crippen MR) is 66.0 cm³/mol. The van der Waals surface area contributed by atoms with E-state index in [1.807, 2.05) is 0 Å². The zero-order valence-electron chi connectivity index (χ0n) is 10.5. The number of pyridine rings is 1. The van der Waals surface area contributed by atoms with Gasteiger partial charge in [0.05, 0.1) is 12.0 Å². The molecule has 2 rings (SSSR count). The maximum atomic E-state index is 14.1. The molecule has 110 valence electrons. The number of carboxylic acids is 1. The van der Waals surface area contributed by atoms with Crippen LogP contribution in [0.1, 0.15) is 11.1 Å². The number of carbonyl (C=O) groups is 1. The van der Waals surface area contributed by atoms with E-state index >= 15 is 0 Å². The largest absolute Gasteiger partial charge is 0.481 e. The van der Waals surface area contributed by atoms with E-state index in [-0.39, 0.29) is 16.8 Å². The van der Waals surface area contributed by atoms with Gasteiger partial charge >= 0.3 is 12.1 Å². The van der Waals surface area contributed by atoms with Crippen LogP contribution in [0.3, 0.4) is 0 Å². The SMILES string of the molecule is O=C(O)Cc1ccnc(-c2ccc(C(F)(F)F)cc2)c1F. The van der Waals surface area contributed by atoms with Crippen LogP contribution in [0.15, 0.2) is 36.5 Å². The van der Waals surface area contributed by atoms with Gasteiger partial charge < -0.3 is 5.11 Å². The van der Waals surface area contributed by atoms with Crippen LogP contribution in [-0.4, -0.2) is 16.1 Å². The number of alkyl halides is 3. The third-order valence-corrected chi connectivity index (χ3v) is 2.80. The summed E-state index contributed by atoms with van der Waals surface area (Å²) in [5.41, 5.74) is -0.962. The van der Waals surface area contributed by atoms with Crippen LogP contribution in [-0.2, 0) is 17.4 Å². The van der Waals surface area contributed by atoms with Crippen molar-refractivity contribution in [1.29, 1.82) is 0 Å². The molecule has 0 fully saturated rings. The van der Waals surface area contributed by atoms with Crippen molar-refractivity contribution in [3.05, 3.63) is 53.5 Å². The van der Waals surface area contributed by atoms with Crippen molar-refractivity contribution in [3.8, 4) is 11.3 Å². The van der Waals surface area contributed by atoms with Crippen molar-refractivity contribution in [2.75, 3.05) is 0 Å². The molecule has 0 saturated carbocycles. The Bertz CT molecular complexity index is 666. The first-order valence-electron chi connectivity index (χ1n) is 5.82. The molecule has 1 heterocycles. The lowest BCUT2D eigenvalue weighted by Crippen LogP contribution is -2.05. The Morgan fingerprint density at radius 2 is 1.76 bits per heavy atom. The van der Waals surface area contributed by atoms with E-state index in [1.54, 1.807) is 0 Å². The van der Waals surface area contributed by atoms with Crippen molar-refractivity contribution in [2.24, 2.45) is 0 Å². The number of aliphatic carboxylic acids is 1. The van der Waals surface area contributed by atoms with Crippen LogP contribution in [0.2, 0.25) is 0 Å². The second kappa shape index (κ2) is 5.51. The highest BCUT2D eigenvalue weighted by molar-refractivity contribution is 5.71. The Morgan fingerprint density at radius 1 is 1.14 bits per heavy atom. The molecule has 3 nitrogen and oxygen atoms in total. The fourth-order valence-electron chi connectivity index (χ4n) is 1.80. The summed E-state index contributed by atoms with van der Waals surface area (Å²) in [6.45, 7) is 0. The highest BCUT2D eigenvalue weighted by Gasteiger charge is 2.30. The molecule has 1 aromatic heterocycles. The van der Waals surface area contributed by atoms with E-state index in [1.165, 1.54) is 12.3 Å². The second-order valence-electron chi connectivity index (χ2n) is 4.28. The Morgan fingerprint density at radius 3 is 2.29 bits per heavy atom. The molecule has 0 atom stereocenters. The van der Waals surface area contributed by atoms with E-state index < -0.39 is 29.9 Å². The van der Waals surface area contributed by atoms with Gasteiger partial charge in [0.1, 0.15) is 5.69 Å². The standard InChI is InChI=1S/C14H9F4NO2/c15-12-9(7-11(20)21)5-6-19-13(12)8-1-3-10(4-2-8)14(16,17)18/h1-6H,7H2,(H,20,21). The first-order valence-corrected chi connectivity index (χ1v) is 5.82. The minimum absolute atomic E-state index is 0.0765. The summed E-state index contributed by atoms with van der Waals surface area (Å²) < 4.78 is 51.5. The first kappa shape index (κ1) is 15.0. The number of hydrogen-bond acceptors (Lipinski definition) is 2. The Balaban J connectivity index is 2.40. The smallest absolute Gasteiger partial charge is 0.416 e. The van der Waals surface area contributed by atoms with Crippen LogP contribution in [0.25, 0.3) is 11.3 Å². The molecule has 0 aliphatic carbocycles. The molecule has 0 aliphatic heterocycles. The summed E-state index contributed by atoms with van der Waals surface area (Å²) in [6, 6.07) is 5.05. The molecule has 0 saturated heterocycles. The molecule has 0 unspecified atom stereocenters. The highest BCUT2D eigenvalue weighted by Crippen LogP contribution is 2.31. The molecule has 0 aliphatic rings. The van der Waals surface area contributed by atoms with Crippen LogP contribution in [0, 0.1) is 5.82 Å². The van der Waals surface area contributed by atoms with Gasteiger partial charge in [-0.15, -0.1) is 0 Å². The van der Waals surface area contributed by atoms with Gasteiger partial charge in [0.2, 0.25) is 0 Å². The lowest BCUT2D eigenvalue weighted by molar-refractivity contribution is -0.138. The first-order chi connectivity index (χ1) is 9.79. The van der Waals surface area contributed by atoms with Gasteiger partial charge in [0.15, 0.2) is 5.82 Å². The molecular weight excluding hydrogens is 290 g/mol. The fourth-order valence-corrected chi connectivity index (χ4v) is 1.80. The predicted octanol–water partition coefficient (Wildman–Crippen LogP) is 3.53. The highest BCUT2D eigenvalue weighted by atomic mass is 19.4. The van der Waals surface area contributed by atoms with E-state index in [0.717, 1.165) is 24.3 Å². The number of halogens is 4. The normalized spacial score (nSPS) is 11.4. The van der Waals surface area contributed by atoms with Crippen molar-refractivity contribution < 1.29 is 27.5 Å². The lowest BCUT2D eigenvalue weighted by Gasteiger charge is -2.09. The lowest BCUT2D eigenvalue weighted by atomic mass is 10.0. The quantitative estimate of drug-likeness (QED) is 0.882. The Hall–Kier alpha value is -2.44. The summed E-state index contributed by atoms with van der Waals surface area (Å²) >= 11 is 0. The average Bonchev–Trinajstić information content (AvgIpc) is 2.40. The molecule has 0 radical (unpaired) electrons. The van der Waals surface area contributed by atoms with Gasteiger partial charge in [0.25, 0.3) is 0 Å². The van der Waals surface area contributed by atoms with Gasteiger partial charge in [-0.2, -0.15) is 13.2 Å². The van der Waals surface area contributed by atoms with E-state index in [9.17, 15) is 22.4 Å². The minimum Gasteiger partial charge on any atom is -0.481 e. The number of benzene rings is 1. The van der Waals surface area contributed by atoms with Crippen LogP contribution in [0.4, 0.5) is 17.6 Å². The monoisotopic (exact) mass is 299 g/mol. The molecule has 0 spiro atoms. The number of nitrogens with zero attached hydrogens (tertiary/aromatic N) is 1. The summed E-state index contributed by atoms with van der Waals surface area (Å²) in [4.78, 5) is 14.4. The fraction of sp³-hybridized carbons (Fsp3) is 0.143. The topological polar surface area (TPSA) is 50.2 Å². The molecule has 0 bridgehead atoms. The molecular formula is C14H9F4NO2. The number of aromatic nitrogens is 1. The number of hydrogen-bond donors (Lipinski definition) is 1. The third-order valence-electron chi connectivity index (χ3n) is 2.80. The van der Waals surface area contributed by atoms with Gasteiger partial charge in [-0.25, -0.2) is 4.39 Å². The van der Waals surface area contributed by atoms with Gasteiger partial charge in [-0.3, -0.25) is 9.78 Å². The van der Waals surface area contributed by atoms with Gasteiger partial charge in [-0.05, 0) is 18.2 Å². The zero-order chi connectivity index (χ0) is 15.6. The minimum atomic E-state index is -4.48. The maximum absolute atomic E-state index is 14.1. The van der Waals surface area contributed by atoms with Crippen LogP contribution >= 0.6 is 0 Å². The molecule has 21 heavy (non-hydrogen) atoms. The van der Waals surface area contributed by atoms with E-state index in [4.69, 9.17) is 5.11 Å². The zero-order valence-corrected chi connectivity index (χ0v) is 10.5. The Kier molecular flexibility index (Phi) is 3.93. The van der Waals surface area contributed by atoms with Crippen LogP contribution in [0.5, 0.6) is 0 Å². The molecule has 1 aromatic carbocycles. The average molecular weight is 299 g/mol. The maximum Gasteiger partial charge on any atom is 0.416 e. The molecule has 0 amide bonds. The molecule has 2 aromatic rings. The van der Waals surface area contributed by atoms with Gasteiger partial charge in [-0.1, -0.05) is 12.1 Å². The van der Waals surface area contributed by atoms with Gasteiger partial charge in [0, 0.05) is 17.3 Å². The summed E-state index contributed by atoms with van der Waals surface area (Å²) in [5, 5.41) is 8.67. The third kappa shape index (κ3) is 3.36. The van der Waals surface area contributed by atoms with Crippen LogP contribution < -0.4 is 0 Å². The van der Waals surface area contributed by atoms with Crippen molar-refractivity contribution >= 4 is 5.97 Å². The van der Waals surface area contributed by atoms with E-state index in [0.29, 0.717) is 0 Å². The van der Waals surface area contributed by atoms with E-state index in [2.05, 4.69) is 4.98 Å². The summed E-state index contributed by atoms with van der Waals surface area (Å²) in [6.07, 6.45) is -3.79. The van der Waals surface area contributed by atoms with Crippen molar-refractivity contribution in [2.45, 2.75) is 12.6 Å². The molecule has 1 N–H and O–H groups in total.